The van der Waals surface area contributed by atoms with Crippen molar-refractivity contribution in [3.63, 3.8) is 0 Å². The molecule has 0 radical (unpaired) electrons. The topological polar surface area (TPSA) is 67.6 Å². The van der Waals surface area contributed by atoms with Crippen molar-refractivity contribution in [2.45, 2.75) is 0 Å². The average Bonchev–Trinajstić information content (AvgIpc) is 2.52. The Morgan fingerprint density at radius 2 is 2.00 bits per heavy atom. The summed E-state index contributed by atoms with van der Waals surface area (Å²) in [5, 5.41) is 9.69. The van der Waals surface area contributed by atoms with Crippen molar-refractivity contribution in [3.8, 4) is 11.3 Å². The molecular formula is C8H7FN4. The minimum Gasteiger partial charge on any atom is -0.380 e. The fourth-order valence-electron chi connectivity index (χ4n) is 1.09. The second-order valence-corrected chi connectivity index (χ2v) is 2.54. The van der Waals surface area contributed by atoms with Crippen molar-refractivity contribution in [1.82, 2.24) is 15.4 Å². The molecule has 0 unspecified atom stereocenters. The number of anilines is 1. The van der Waals surface area contributed by atoms with Crippen molar-refractivity contribution in [3.05, 3.63) is 30.1 Å². The SMILES string of the molecule is Nc1n[nH]nc1-c1ccccc1F. The number of halogens is 1. The minimum atomic E-state index is -0.358. The van der Waals surface area contributed by atoms with Crippen LogP contribution >= 0.6 is 0 Å². The van der Waals surface area contributed by atoms with E-state index in [0.29, 0.717) is 11.3 Å². The monoisotopic (exact) mass is 178 g/mol. The quantitative estimate of drug-likeness (QED) is 0.689. The summed E-state index contributed by atoms with van der Waals surface area (Å²) in [6.45, 7) is 0. The van der Waals surface area contributed by atoms with Gasteiger partial charge < -0.3 is 5.73 Å². The highest BCUT2D eigenvalue weighted by molar-refractivity contribution is 5.69. The van der Waals surface area contributed by atoms with E-state index in [0.717, 1.165) is 0 Å². The molecule has 0 amide bonds. The van der Waals surface area contributed by atoms with Crippen LogP contribution in [0.1, 0.15) is 0 Å². The first-order valence-electron chi connectivity index (χ1n) is 3.70. The Bertz CT molecular complexity index is 424. The van der Waals surface area contributed by atoms with Crippen LogP contribution in [0, 0.1) is 5.82 Å². The second-order valence-electron chi connectivity index (χ2n) is 2.54. The minimum absolute atomic E-state index is 0.199. The van der Waals surface area contributed by atoms with Gasteiger partial charge in [-0.25, -0.2) is 4.39 Å². The van der Waals surface area contributed by atoms with Gasteiger partial charge in [0.15, 0.2) is 5.82 Å². The van der Waals surface area contributed by atoms with E-state index in [1.165, 1.54) is 6.07 Å². The lowest BCUT2D eigenvalue weighted by molar-refractivity contribution is 0.630. The van der Waals surface area contributed by atoms with Crippen molar-refractivity contribution in [2.24, 2.45) is 0 Å². The molecule has 0 fully saturated rings. The Labute approximate surface area is 73.6 Å². The van der Waals surface area contributed by atoms with Crippen molar-refractivity contribution in [1.29, 1.82) is 0 Å². The zero-order valence-electron chi connectivity index (χ0n) is 6.66. The largest absolute Gasteiger partial charge is 0.380 e. The normalized spacial score (nSPS) is 10.2. The van der Waals surface area contributed by atoms with E-state index in [1.807, 2.05) is 0 Å². The molecule has 66 valence electrons. The predicted molar refractivity (Wildman–Crippen MR) is 46.2 cm³/mol. The van der Waals surface area contributed by atoms with E-state index in [-0.39, 0.29) is 11.6 Å². The van der Waals surface area contributed by atoms with Crippen molar-refractivity contribution < 1.29 is 4.39 Å². The molecule has 0 aliphatic rings. The Hall–Kier alpha value is -1.91. The first kappa shape index (κ1) is 7.72. The number of benzene rings is 1. The van der Waals surface area contributed by atoms with Crippen molar-refractivity contribution >= 4 is 5.82 Å². The van der Waals surface area contributed by atoms with E-state index >= 15 is 0 Å². The molecule has 3 N–H and O–H groups in total. The highest BCUT2D eigenvalue weighted by Crippen LogP contribution is 2.23. The maximum Gasteiger partial charge on any atom is 0.173 e. The number of rotatable bonds is 1. The fraction of sp³-hybridized carbons (Fsp3) is 0. The standard InChI is InChI=1S/C8H7FN4/c9-6-4-2-1-3-5(6)7-8(10)12-13-11-7/h1-4H,(H3,10,11,12,13). The summed E-state index contributed by atoms with van der Waals surface area (Å²) in [4.78, 5) is 0. The van der Waals surface area contributed by atoms with Gasteiger partial charge in [-0.15, -0.1) is 5.10 Å². The lowest BCUT2D eigenvalue weighted by Gasteiger charge is -1.97. The number of hydrogen-bond acceptors (Lipinski definition) is 3. The third-order valence-corrected chi connectivity index (χ3v) is 1.70. The summed E-state index contributed by atoms with van der Waals surface area (Å²) in [6, 6.07) is 6.27. The molecule has 5 heteroatoms. The molecule has 0 aliphatic carbocycles. The molecule has 0 spiro atoms. The number of H-pyrrole nitrogens is 1. The maximum absolute atomic E-state index is 13.2. The smallest absolute Gasteiger partial charge is 0.173 e. The number of aromatic amines is 1. The summed E-state index contributed by atoms with van der Waals surface area (Å²) in [5.74, 6) is -0.159. The highest BCUT2D eigenvalue weighted by Gasteiger charge is 2.10. The molecule has 1 heterocycles. The summed E-state index contributed by atoms with van der Waals surface area (Å²) in [5.41, 5.74) is 6.17. The Kier molecular flexibility index (Phi) is 1.70. The molecule has 0 bridgehead atoms. The second kappa shape index (κ2) is 2.85. The van der Waals surface area contributed by atoms with Crippen LogP contribution in [0.3, 0.4) is 0 Å². The van der Waals surface area contributed by atoms with Gasteiger partial charge in [-0.3, -0.25) is 0 Å². The van der Waals surface area contributed by atoms with Gasteiger partial charge in [0, 0.05) is 5.56 Å². The first-order valence-corrected chi connectivity index (χ1v) is 3.70. The van der Waals surface area contributed by atoms with Crippen LogP contribution in [0.5, 0.6) is 0 Å². The number of aromatic nitrogens is 3. The van der Waals surface area contributed by atoms with Crippen LogP contribution in [-0.2, 0) is 0 Å². The zero-order chi connectivity index (χ0) is 9.26. The number of nitrogens with two attached hydrogens (primary N) is 1. The van der Waals surface area contributed by atoms with E-state index in [2.05, 4.69) is 15.4 Å². The Balaban J connectivity index is 2.59. The van der Waals surface area contributed by atoms with E-state index in [1.54, 1.807) is 18.2 Å². The number of nitrogens with zero attached hydrogens (tertiary/aromatic N) is 2. The lowest BCUT2D eigenvalue weighted by atomic mass is 10.1. The third kappa shape index (κ3) is 1.24. The number of hydrogen-bond donors (Lipinski definition) is 2. The van der Waals surface area contributed by atoms with Crippen LogP contribution in [0.2, 0.25) is 0 Å². The van der Waals surface area contributed by atoms with Gasteiger partial charge in [0.05, 0.1) is 0 Å². The molecule has 0 saturated heterocycles. The van der Waals surface area contributed by atoms with E-state index in [9.17, 15) is 4.39 Å². The summed E-state index contributed by atoms with van der Waals surface area (Å²) in [6.07, 6.45) is 0. The van der Waals surface area contributed by atoms with Crippen LogP contribution in [0.25, 0.3) is 11.3 Å². The summed E-state index contributed by atoms with van der Waals surface area (Å²) < 4.78 is 13.2. The van der Waals surface area contributed by atoms with Gasteiger partial charge in [0.25, 0.3) is 0 Å². The van der Waals surface area contributed by atoms with E-state index < -0.39 is 0 Å². The van der Waals surface area contributed by atoms with Crippen LogP contribution in [-0.4, -0.2) is 15.4 Å². The first-order chi connectivity index (χ1) is 6.29. The lowest BCUT2D eigenvalue weighted by Crippen LogP contribution is -1.90. The summed E-state index contributed by atoms with van der Waals surface area (Å²) in [7, 11) is 0. The zero-order valence-corrected chi connectivity index (χ0v) is 6.66. The molecule has 0 saturated carbocycles. The average molecular weight is 178 g/mol. The van der Waals surface area contributed by atoms with Gasteiger partial charge in [-0.1, -0.05) is 12.1 Å². The third-order valence-electron chi connectivity index (χ3n) is 1.70. The molecular weight excluding hydrogens is 171 g/mol. The highest BCUT2D eigenvalue weighted by atomic mass is 19.1. The fourth-order valence-corrected chi connectivity index (χ4v) is 1.09. The van der Waals surface area contributed by atoms with Crippen molar-refractivity contribution in [2.75, 3.05) is 5.73 Å². The van der Waals surface area contributed by atoms with Crippen LogP contribution in [0.15, 0.2) is 24.3 Å². The molecule has 1 aromatic heterocycles. The predicted octanol–water partition coefficient (Wildman–Crippen LogP) is 1.19. The van der Waals surface area contributed by atoms with Gasteiger partial charge in [0.2, 0.25) is 0 Å². The van der Waals surface area contributed by atoms with Gasteiger partial charge in [-0.05, 0) is 12.1 Å². The number of nitrogen functional groups attached to an aromatic ring is 1. The molecule has 0 atom stereocenters. The Morgan fingerprint density at radius 3 is 2.62 bits per heavy atom. The maximum atomic E-state index is 13.2. The van der Waals surface area contributed by atoms with Gasteiger partial charge in [0.1, 0.15) is 11.5 Å². The molecule has 0 aliphatic heterocycles. The molecule has 2 aromatic rings. The molecule has 2 rings (SSSR count). The summed E-state index contributed by atoms with van der Waals surface area (Å²) >= 11 is 0. The van der Waals surface area contributed by atoms with Gasteiger partial charge in [-0.2, -0.15) is 10.3 Å². The Morgan fingerprint density at radius 1 is 1.23 bits per heavy atom. The number of nitrogens with one attached hydrogen (secondary N) is 1. The molecule has 1 aromatic carbocycles. The van der Waals surface area contributed by atoms with Gasteiger partial charge >= 0.3 is 0 Å². The van der Waals surface area contributed by atoms with Crippen LogP contribution < -0.4 is 5.73 Å². The molecule has 13 heavy (non-hydrogen) atoms. The van der Waals surface area contributed by atoms with E-state index in [4.69, 9.17) is 5.73 Å². The van der Waals surface area contributed by atoms with Crippen LogP contribution in [0.4, 0.5) is 10.2 Å². The molecule has 4 nitrogen and oxygen atoms in total.